The molecule has 3 fully saturated rings. The summed E-state index contributed by atoms with van der Waals surface area (Å²) in [5, 5.41) is 12.9. The van der Waals surface area contributed by atoms with Crippen molar-refractivity contribution in [1.29, 1.82) is 5.26 Å². The molecule has 10 nitrogen and oxygen atoms in total. The molecule has 3 aliphatic rings. The van der Waals surface area contributed by atoms with E-state index in [9.17, 15) is 33.0 Å². The average Bonchev–Trinajstić information content (AvgIpc) is 3.79. The number of alkyl halides is 2. The van der Waals surface area contributed by atoms with Crippen LogP contribution in [0.15, 0.2) is 54.6 Å². The number of likely N-dealkylation sites (tertiary alicyclic amines) is 1. The van der Waals surface area contributed by atoms with E-state index in [2.05, 4.69) is 11.4 Å². The van der Waals surface area contributed by atoms with Crippen LogP contribution in [0.25, 0.3) is 10.1 Å². The predicted molar refractivity (Wildman–Crippen MR) is 171 cm³/mol. The van der Waals surface area contributed by atoms with Crippen molar-refractivity contribution < 1.29 is 37.5 Å². The lowest BCUT2D eigenvalue weighted by Gasteiger charge is -2.34. The maximum Gasteiger partial charge on any atom is 0.399 e. The van der Waals surface area contributed by atoms with Crippen LogP contribution in [-0.2, 0) is 19.8 Å². The highest BCUT2D eigenvalue weighted by atomic mass is 32.1. The highest BCUT2D eigenvalue weighted by Gasteiger charge is 2.50. The van der Waals surface area contributed by atoms with Crippen molar-refractivity contribution in [2.24, 2.45) is 5.92 Å². The smallest absolute Gasteiger partial charge is 0.340 e. The summed E-state index contributed by atoms with van der Waals surface area (Å²) in [6.45, 7) is 0.671. The maximum absolute atomic E-state index is 14.3. The Morgan fingerprint density at radius 3 is 2.47 bits per heavy atom. The van der Waals surface area contributed by atoms with Gasteiger partial charge >= 0.3 is 13.3 Å². The number of nitriles is 1. The number of carbonyl (C=O) groups is 3. The summed E-state index contributed by atoms with van der Waals surface area (Å²) in [4.78, 5) is 63.4. The van der Waals surface area contributed by atoms with E-state index in [-0.39, 0.29) is 46.5 Å². The van der Waals surface area contributed by atoms with Gasteiger partial charge < -0.3 is 24.9 Å². The second-order valence-electron chi connectivity index (χ2n) is 12.6. The molecular formula is C33H35F2N4O6PS. The van der Waals surface area contributed by atoms with E-state index >= 15 is 0 Å². The molecule has 14 heteroatoms. The summed E-state index contributed by atoms with van der Waals surface area (Å²) >= 11 is 1.01. The summed E-state index contributed by atoms with van der Waals surface area (Å²) < 4.78 is 40.5. The number of fused-ring (bicyclic) bond motifs is 2. The second kappa shape index (κ2) is 13.1. The SMILES string of the molecule is N#C[C@@H]1CN(C(=O)[C@@H]2CC[C@@H]3CCCCC[C@H](NC(=O)c4cc5cc(C(F)(F)P(=O)(O)O)ccc5s4)C(=O)N32)C[C@H]1c1ccccc1. The predicted octanol–water partition coefficient (Wildman–Crippen LogP) is 5.32. The molecular weight excluding hydrogens is 649 g/mol. The first kappa shape index (κ1) is 33.2. The number of nitrogens with zero attached hydrogens (tertiary/aromatic N) is 3. The number of carbonyl (C=O) groups excluding carboxylic acids is 3. The summed E-state index contributed by atoms with van der Waals surface area (Å²) in [5.74, 6) is -1.58. The molecule has 6 rings (SSSR count). The van der Waals surface area contributed by atoms with Crippen LogP contribution in [0, 0.1) is 17.2 Å². The summed E-state index contributed by atoms with van der Waals surface area (Å²) in [7, 11) is -5.77. The third-order valence-electron chi connectivity index (χ3n) is 9.65. The van der Waals surface area contributed by atoms with Gasteiger partial charge in [-0.25, -0.2) is 0 Å². The number of benzene rings is 2. The molecule has 0 bridgehead atoms. The normalized spacial score (nSPS) is 25.5. The molecule has 2 aromatic carbocycles. The van der Waals surface area contributed by atoms with Crippen LogP contribution in [0.2, 0.25) is 0 Å². The van der Waals surface area contributed by atoms with Crippen molar-refractivity contribution in [2.75, 3.05) is 13.1 Å². The van der Waals surface area contributed by atoms with Gasteiger partial charge in [0.2, 0.25) is 11.8 Å². The molecule has 3 N–H and O–H groups in total. The molecule has 1 aromatic heterocycles. The molecule has 0 unspecified atom stereocenters. The maximum atomic E-state index is 14.3. The highest BCUT2D eigenvalue weighted by molar-refractivity contribution is 7.52. The monoisotopic (exact) mass is 684 g/mol. The van der Waals surface area contributed by atoms with Gasteiger partial charge in [-0.1, -0.05) is 55.7 Å². The fourth-order valence-corrected chi connectivity index (χ4v) is 8.61. The van der Waals surface area contributed by atoms with Gasteiger partial charge in [-0.3, -0.25) is 18.9 Å². The van der Waals surface area contributed by atoms with Gasteiger partial charge in [0.15, 0.2) is 0 Å². The first-order chi connectivity index (χ1) is 22.4. The van der Waals surface area contributed by atoms with Gasteiger partial charge in [0, 0.05) is 35.3 Å². The van der Waals surface area contributed by atoms with Crippen molar-refractivity contribution in [2.45, 2.75) is 74.7 Å². The number of halogens is 2. The fourth-order valence-electron chi connectivity index (χ4n) is 7.19. The minimum atomic E-state index is -5.77. The Morgan fingerprint density at radius 2 is 1.74 bits per heavy atom. The molecule has 0 radical (unpaired) electrons. The number of nitrogens with one attached hydrogen (secondary N) is 1. The van der Waals surface area contributed by atoms with Crippen LogP contribution >= 0.6 is 18.9 Å². The number of hydrogen-bond donors (Lipinski definition) is 3. The molecule has 3 amide bonds. The van der Waals surface area contributed by atoms with Crippen molar-refractivity contribution in [3.05, 3.63) is 70.6 Å². The Balaban J connectivity index is 1.21. The van der Waals surface area contributed by atoms with Crippen LogP contribution < -0.4 is 5.32 Å². The molecule has 248 valence electrons. The number of thiophene rings is 1. The summed E-state index contributed by atoms with van der Waals surface area (Å²) in [6, 6.07) is 14.8. The minimum absolute atomic E-state index is 0.124. The summed E-state index contributed by atoms with van der Waals surface area (Å²) in [5.41, 5.74) is -4.25. The van der Waals surface area contributed by atoms with E-state index in [4.69, 9.17) is 9.79 Å². The van der Waals surface area contributed by atoms with Gasteiger partial charge in [-0.2, -0.15) is 14.0 Å². The highest BCUT2D eigenvalue weighted by Crippen LogP contribution is 2.59. The van der Waals surface area contributed by atoms with Crippen LogP contribution in [0.5, 0.6) is 0 Å². The zero-order valence-electron chi connectivity index (χ0n) is 25.4. The van der Waals surface area contributed by atoms with E-state index in [1.807, 2.05) is 30.3 Å². The van der Waals surface area contributed by atoms with Gasteiger partial charge in [0.05, 0.1) is 16.9 Å². The van der Waals surface area contributed by atoms with Crippen LogP contribution in [-0.4, -0.2) is 68.5 Å². The second-order valence-corrected chi connectivity index (χ2v) is 15.3. The Morgan fingerprint density at radius 1 is 1.00 bits per heavy atom. The van der Waals surface area contributed by atoms with Crippen LogP contribution in [0.1, 0.15) is 71.7 Å². The topological polar surface area (TPSA) is 151 Å². The van der Waals surface area contributed by atoms with Gasteiger partial charge in [0.25, 0.3) is 5.91 Å². The molecule has 3 aromatic rings. The third kappa shape index (κ3) is 6.44. The Labute approximate surface area is 274 Å². The number of hydrogen-bond acceptors (Lipinski definition) is 6. The molecule has 5 atom stereocenters. The first-order valence-electron chi connectivity index (χ1n) is 15.7. The molecule has 3 saturated heterocycles. The Bertz CT molecular complexity index is 1780. The molecule has 0 aliphatic carbocycles. The molecule has 3 aliphatic heterocycles. The molecule has 47 heavy (non-hydrogen) atoms. The van der Waals surface area contributed by atoms with Crippen molar-refractivity contribution in [3.63, 3.8) is 0 Å². The third-order valence-corrected chi connectivity index (χ3v) is 11.8. The molecule has 0 saturated carbocycles. The molecule has 0 spiro atoms. The van der Waals surface area contributed by atoms with Crippen LogP contribution in [0.3, 0.4) is 0 Å². The van der Waals surface area contributed by atoms with E-state index in [1.54, 1.807) is 9.80 Å². The average molecular weight is 685 g/mol. The van der Waals surface area contributed by atoms with Gasteiger partial charge in [-0.15, -0.1) is 11.3 Å². The van der Waals surface area contributed by atoms with E-state index < -0.39 is 36.8 Å². The van der Waals surface area contributed by atoms with Crippen molar-refractivity contribution in [3.8, 4) is 6.07 Å². The lowest BCUT2D eigenvalue weighted by atomic mass is 9.90. The largest absolute Gasteiger partial charge is 0.399 e. The minimum Gasteiger partial charge on any atom is -0.340 e. The first-order valence-corrected chi connectivity index (χ1v) is 18.2. The Kier molecular flexibility index (Phi) is 9.24. The van der Waals surface area contributed by atoms with Gasteiger partial charge in [-0.05, 0) is 54.8 Å². The zero-order chi connectivity index (χ0) is 33.5. The van der Waals surface area contributed by atoms with Crippen molar-refractivity contribution in [1.82, 2.24) is 15.1 Å². The molecule has 4 heterocycles. The summed E-state index contributed by atoms with van der Waals surface area (Å²) in [6.07, 6.45) is 4.71. The van der Waals surface area contributed by atoms with Gasteiger partial charge in [0.1, 0.15) is 12.1 Å². The van der Waals surface area contributed by atoms with E-state index in [1.165, 1.54) is 12.1 Å². The van der Waals surface area contributed by atoms with Crippen LogP contribution in [0.4, 0.5) is 8.78 Å². The van der Waals surface area contributed by atoms with E-state index in [0.717, 1.165) is 48.3 Å². The quantitative estimate of drug-likeness (QED) is 0.298. The zero-order valence-corrected chi connectivity index (χ0v) is 27.1. The number of amides is 3. The Hall–Kier alpha value is -3.69. The lowest BCUT2D eigenvalue weighted by molar-refractivity contribution is -0.146. The lowest BCUT2D eigenvalue weighted by Crippen LogP contribution is -2.55. The standard InChI is InChI=1S/C33H35F2N4O6PS/c34-33(35,46(43,44)45)23-11-14-28-21(15-23)16-29(47-28)30(40)37-26-10-6-2-5-9-24-12-13-27(39(24)31(26)41)32(42)38-18-22(17-36)25(19-38)20-7-3-1-4-8-20/h1,3-4,7-8,11,14-16,22,24-27H,2,5-6,9-10,12-13,18-19H2,(H,37,40)(H2,43,44,45)/t22-,24+,25+,26+,27+/m1/s1. The number of rotatable bonds is 6. The van der Waals surface area contributed by atoms with E-state index in [0.29, 0.717) is 36.9 Å². The van der Waals surface area contributed by atoms with Crippen molar-refractivity contribution >= 4 is 46.7 Å². The fraction of sp³-hybridized carbons (Fsp3) is 0.455.